The average molecular weight is 196 g/mol. The summed E-state index contributed by atoms with van der Waals surface area (Å²) in [7, 11) is 0. The van der Waals surface area contributed by atoms with E-state index in [1.54, 1.807) is 0 Å². The lowest BCUT2D eigenvalue weighted by atomic mass is 10.0. The minimum absolute atomic E-state index is 0.796. The first kappa shape index (κ1) is 8.36. The predicted octanol–water partition coefficient (Wildman–Crippen LogP) is 2.42. The van der Waals surface area contributed by atoms with Crippen molar-refractivity contribution in [3.05, 3.63) is 47.5 Å². The molecule has 0 aromatic heterocycles. The second-order valence-corrected chi connectivity index (χ2v) is 3.97. The molecule has 0 aliphatic heterocycles. The van der Waals surface area contributed by atoms with Gasteiger partial charge in [-0.05, 0) is 41.3 Å². The minimum atomic E-state index is 0.796. The average Bonchev–Trinajstić information content (AvgIpc) is 2.57. The highest BCUT2D eigenvalue weighted by molar-refractivity contribution is 5.87. The molecule has 4 N–H and O–H groups in total. The van der Waals surface area contributed by atoms with E-state index < -0.39 is 0 Å². The quantitative estimate of drug-likeness (QED) is 0.542. The number of fused-ring (bicyclic) bond motifs is 3. The Kier molecular flexibility index (Phi) is 1.54. The third-order valence-corrected chi connectivity index (χ3v) is 2.97. The van der Waals surface area contributed by atoms with Gasteiger partial charge in [-0.1, -0.05) is 18.2 Å². The van der Waals surface area contributed by atoms with E-state index in [0.29, 0.717) is 0 Å². The Balaban J connectivity index is 2.33. The lowest BCUT2D eigenvalue weighted by Gasteiger charge is -2.05. The van der Waals surface area contributed by atoms with Crippen LogP contribution in [-0.2, 0) is 6.42 Å². The maximum absolute atomic E-state index is 6.00. The Morgan fingerprint density at radius 3 is 2.67 bits per heavy atom. The molecule has 0 unspecified atom stereocenters. The molecule has 0 spiro atoms. The molecule has 1 aliphatic rings. The Morgan fingerprint density at radius 1 is 0.933 bits per heavy atom. The minimum Gasteiger partial charge on any atom is -0.399 e. The highest BCUT2D eigenvalue weighted by Gasteiger charge is 2.19. The van der Waals surface area contributed by atoms with Crippen LogP contribution in [0.25, 0.3) is 11.1 Å². The Labute approximate surface area is 88.5 Å². The topological polar surface area (TPSA) is 52.0 Å². The van der Waals surface area contributed by atoms with Gasteiger partial charge >= 0.3 is 0 Å². The second-order valence-electron chi connectivity index (χ2n) is 3.97. The van der Waals surface area contributed by atoms with Crippen LogP contribution in [0.1, 0.15) is 11.1 Å². The number of nitrogen functional groups attached to an aromatic ring is 2. The predicted molar refractivity (Wildman–Crippen MR) is 63.5 cm³/mol. The number of hydrogen-bond donors (Lipinski definition) is 2. The summed E-state index contributed by atoms with van der Waals surface area (Å²) in [4.78, 5) is 0. The van der Waals surface area contributed by atoms with Crippen LogP contribution in [0.15, 0.2) is 36.4 Å². The fourth-order valence-corrected chi connectivity index (χ4v) is 2.28. The molecular formula is C13H12N2. The van der Waals surface area contributed by atoms with Crippen molar-refractivity contribution in [3.63, 3.8) is 0 Å². The van der Waals surface area contributed by atoms with E-state index in [2.05, 4.69) is 12.1 Å². The van der Waals surface area contributed by atoms with Gasteiger partial charge in [0, 0.05) is 16.9 Å². The van der Waals surface area contributed by atoms with Gasteiger partial charge in [0.1, 0.15) is 0 Å². The molecular weight excluding hydrogens is 184 g/mol. The number of anilines is 2. The summed E-state index contributed by atoms with van der Waals surface area (Å²) in [5.74, 6) is 0. The van der Waals surface area contributed by atoms with Gasteiger partial charge in [-0.15, -0.1) is 0 Å². The zero-order valence-corrected chi connectivity index (χ0v) is 8.33. The molecule has 1 aliphatic carbocycles. The standard InChI is InChI=1S/C13H12N2/c14-10-5-4-8-6-9-2-1-3-12(15)13(9)11(8)7-10/h1-5,7H,6,14-15H2. The zero-order chi connectivity index (χ0) is 10.4. The first-order chi connectivity index (χ1) is 7.25. The normalized spacial score (nSPS) is 12.3. The molecule has 0 heterocycles. The van der Waals surface area contributed by atoms with Crippen LogP contribution >= 0.6 is 0 Å². The van der Waals surface area contributed by atoms with Crippen molar-refractivity contribution in [2.24, 2.45) is 0 Å². The first-order valence-electron chi connectivity index (χ1n) is 5.02. The van der Waals surface area contributed by atoms with E-state index >= 15 is 0 Å². The maximum Gasteiger partial charge on any atom is 0.0396 e. The van der Waals surface area contributed by atoms with E-state index in [1.165, 1.54) is 22.3 Å². The van der Waals surface area contributed by atoms with Crippen molar-refractivity contribution in [1.29, 1.82) is 0 Å². The van der Waals surface area contributed by atoms with Gasteiger partial charge < -0.3 is 11.5 Å². The summed E-state index contributed by atoms with van der Waals surface area (Å²) in [6, 6.07) is 12.1. The van der Waals surface area contributed by atoms with E-state index in [4.69, 9.17) is 11.5 Å². The fourth-order valence-electron chi connectivity index (χ4n) is 2.28. The van der Waals surface area contributed by atoms with Gasteiger partial charge in [-0.3, -0.25) is 0 Å². The van der Waals surface area contributed by atoms with Crippen molar-refractivity contribution in [2.75, 3.05) is 11.5 Å². The largest absolute Gasteiger partial charge is 0.399 e. The number of rotatable bonds is 0. The molecule has 0 bridgehead atoms. The van der Waals surface area contributed by atoms with Gasteiger partial charge in [0.05, 0.1) is 0 Å². The van der Waals surface area contributed by atoms with Crippen molar-refractivity contribution in [2.45, 2.75) is 6.42 Å². The van der Waals surface area contributed by atoms with Crippen LogP contribution in [0.2, 0.25) is 0 Å². The smallest absolute Gasteiger partial charge is 0.0396 e. The summed E-state index contributed by atoms with van der Waals surface area (Å²) in [5, 5.41) is 0. The van der Waals surface area contributed by atoms with Gasteiger partial charge in [-0.2, -0.15) is 0 Å². The third-order valence-electron chi connectivity index (χ3n) is 2.97. The molecule has 2 nitrogen and oxygen atoms in total. The van der Waals surface area contributed by atoms with Crippen molar-refractivity contribution < 1.29 is 0 Å². The van der Waals surface area contributed by atoms with Crippen molar-refractivity contribution in [1.82, 2.24) is 0 Å². The van der Waals surface area contributed by atoms with Crippen LogP contribution in [0.3, 0.4) is 0 Å². The van der Waals surface area contributed by atoms with Crippen LogP contribution in [-0.4, -0.2) is 0 Å². The lowest BCUT2D eigenvalue weighted by Crippen LogP contribution is -1.90. The molecule has 3 rings (SSSR count). The molecule has 0 saturated carbocycles. The first-order valence-corrected chi connectivity index (χ1v) is 5.02. The number of benzene rings is 2. The van der Waals surface area contributed by atoms with Gasteiger partial charge in [0.25, 0.3) is 0 Å². The number of nitrogens with two attached hydrogens (primary N) is 2. The van der Waals surface area contributed by atoms with E-state index in [0.717, 1.165) is 17.8 Å². The van der Waals surface area contributed by atoms with Gasteiger partial charge in [0.2, 0.25) is 0 Å². The van der Waals surface area contributed by atoms with Crippen LogP contribution in [0.4, 0.5) is 11.4 Å². The fraction of sp³-hybridized carbons (Fsp3) is 0.0769. The van der Waals surface area contributed by atoms with Crippen LogP contribution in [0.5, 0.6) is 0 Å². The maximum atomic E-state index is 6.00. The molecule has 15 heavy (non-hydrogen) atoms. The highest BCUT2D eigenvalue weighted by Crippen LogP contribution is 2.40. The molecule has 0 fully saturated rings. The highest BCUT2D eigenvalue weighted by atomic mass is 14.6. The monoisotopic (exact) mass is 196 g/mol. The van der Waals surface area contributed by atoms with Gasteiger partial charge in [-0.25, -0.2) is 0 Å². The molecule has 2 aromatic rings. The van der Waals surface area contributed by atoms with Crippen LogP contribution < -0.4 is 11.5 Å². The molecule has 0 amide bonds. The van der Waals surface area contributed by atoms with Crippen LogP contribution in [0, 0.1) is 0 Å². The number of hydrogen-bond acceptors (Lipinski definition) is 2. The third kappa shape index (κ3) is 1.11. The Morgan fingerprint density at radius 2 is 1.80 bits per heavy atom. The second kappa shape index (κ2) is 2.76. The molecule has 2 heteroatoms. The molecule has 0 atom stereocenters. The van der Waals surface area contributed by atoms with Crippen molar-refractivity contribution >= 4 is 11.4 Å². The SMILES string of the molecule is Nc1ccc2c(c1)-c1c(N)cccc1C2. The molecule has 74 valence electrons. The molecule has 0 radical (unpaired) electrons. The Hall–Kier alpha value is -1.96. The molecule has 2 aromatic carbocycles. The van der Waals surface area contributed by atoms with Gasteiger partial charge in [0.15, 0.2) is 0 Å². The van der Waals surface area contributed by atoms with E-state index in [9.17, 15) is 0 Å². The Bertz CT molecular complexity index is 544. The summed E-state index contributed by atoms with van der Waals surface area (Å²) in [6.07, 6.45) is 0.968. The summed E-state index contributed by atoms with van der Waals surface area (Å²) < 4.78 is 0. The lowest BCUT2D eigenvalue weighted by molar-refractivity contribution is 1.26. The molecule has 0 saturated heterocycles. The summed E-state index contributed by atoms with van der Waals surface area (Å²) in [6.45, 7) is 0. The van der Waals surface area contributed by atoms with E-state index in [-0.39, 0.29) is 0 Å². The summed E-state index contributed by atoms with van der Waals surface area (Å²) in [5.41, 5.74) is 18.4. The van der Waals surface area contributed by atoms with E-state index in [1.807, 2.05) is 24.3 Å². The van der Waals surface area contributed by atoms with Crippen molar-refractivity contribution in [3.8, 4) is 11.1 Å². The zero-order valence-electron chi connectivity index (χ0n) is 8.33. The summed E-state index contributed by atoms with van der Waals surface area (Å²) >= 11 is 0.